The quantitative estimate of drug-likeness (QED) is 0.781. The average molecular weight is 326 g/mol. The standard InChI is InChI=1S/C18H15FN2O3/c19-14-7-4-12(5-8-14)11-24-15-3-1-2-13-6-9-17(23)21(18(13)15)10-16(20)22/h1-9H,10-11H2,(H2,20,22). The molecular weight excluding hydrogens is 311 g/mol. The van der Waals surface area contributed by atoms with Crippen LogP contribution in [0.25, 0.3) is 10.9 Å². The van der Waals surface area contributed by atoms with Crippen LogP contribution in [-0.4, -0.2) is 10.5 Å². The number of carbonyl (C=O) groups is 1. The topological polar surface area (TPSA) is 74.3 Å². The third kappa shape index (κ3) is 3.27. The number of nitrogens with zero attached hydrogens (tertiary/aromatic N) is 1. The Balaban J connectivity index is 2.00. The largest absolute Gasteiger partial charge is 0.487 e. The second-order valence-electron chi connectivity index (χ2n) is 5.33. The van der Waals surface area contributed by atoms with E-state index in [-0.39, 0.29) is 24.5 Å². The van der Waals surface area contributed by atoms with E-state index in [2.05, 4.69) is 0 Å². The number of para-hydroxylation sites is 1. The zero-order valence-corrected chi connectivity index (χ0v) is 12.7. The highest BCUT2D eigenvalue weighted by Crippen LogP contribution is 2.25. The molecule has 5 nitrogen and oxygen atoms in total. The van der Waals surface area contributed by atoms with Crippen LogP contribution in [-0.2, 0) is 17.9 Å². The molecule has 0 unspecified atom stereocenters. The predicted molar refractivity (Wildman–Crippen MR) is 88.1 cm³/mol. The summed E-state index contributed by atoms with van der Waals surface area (Å²) in [7, 11) is 0. The lowest BCUT2D eigenvalue weighted by atomic mass is 10.2. The molecule has 3 rings (SSSR count). The molecule has 2 aromatic carbocycles. The maximum absolute atomic E-state index is 13.0. The number of hydrogen-bond acceptors (Lipinski definition) is 3. The zero-order chi connectivity index (χ0) is 17.1. The lowest BCUT2D eigenvalue weighted by molar-refractivity contribution is -0.118. The summed E-state index contributed by atoms with van der Waals surface area (Å²) in [6, 6.07) is 14.3. The summed E-state index contributed by atoms with van der Waals surface area (Å²) in [6.07, 6.45) is 0. The molecule has 6 heteroatoms. The molecule has 0 saturated carbocycles. The van der Waals surface area contributed by atoms with Crippen LogP contribution in [0.1, 0.15) is 5.56 Å². The maximum atomic E-state index is 13.0. The van der Waals surface area contributed by atoms with Crippen LogP contribution >= 0.6 is 0 Å². The van der Waals surface area contributed by atoms with Gasteiger partial charge in [0.15, 0.2) is 0 Å². The summed E-state index contributed by atoms with van der Waals surface area (Å²) in [5.74, 6) is -0.479. The van der Waals surface area contributed by atoms with Crippen molar-refractivity contribution in [1.82, 2.24) is 4.57 Å². The fraction of sp³-hybridized carbons (Fsp3) is 0.111. The molecule has 0 saturated heterocycles. The van der Waals surface area contributed by atoms with Crippen molar-refractivity contribution >= 4 is 16.8 Å². The van der Waals surface area contributed by atoms with E-state index in [1.54, 1.807) is 30.3 Å². The number of amides is 1. The molecular formula is C18H15FN2O3. The summed E-state index contributed by atoms with van der Waals surface area (Å²) in [4.78, 5) is 23.4. The SMILES string of the molecule is NC(=O)Cn1c(=O)ccc2cccc(OCc3ccc(F)cc3)c21. The molecule has 0 aliphatic heterocycles. The Morgan fingerprint density at radius 1 is 1.08 bits per heavy atom. The normalized spacial score (nSPS) is 10.7. The number of halogens is 1. The monoisotopic (exact) mass is 326 g/mol. The van der Waals surface area contributed by atoms with E-state index in [9.17, 15) is 14.0 Å². The van der Waals surface area contributed by atoms with E-state index < -0.39 is 5.91 Å². The fourth-order valence-corrected chi connectivity index (χ4v) is 2.49. The van der Waals surface area contributed by atoms with Crippen LogP contribution in [0.5, 0.6) is 5.75 Å². The molecule has 0 fully saturated rings. The first-order chi connectivity index (χ1) is 11.5. The molecule has 2 N–H and O–H groups in total. The lowest BCUT2D eigenvalue weighted by Gasteiger charge is -2.14. The average Bonchev–Trinajstić information content (AvgIpc) is 2.56. The number of rotatable bonds is 5. The number of nitrogens with two attached hydrogens (primary N) is 1. The fourth-order valence-electron chi connectivity index (χ4n) is 2.49. The molecule has 0 aliphatic carbocycles. The molecule has 0 atom stereocenters. The second-order valence-corrected chi connectivity index (χ2v) is 5.33. The van der Waals surface area contributed by atoms with Gasteiger partial charge in [-0.2, -0.15) is 0 Å². The predicted octanol–water partition coefficient (Wildman–Crippen LogP) is 2.20. The molecule has 1 heterocycles. The zero-order valence-electron chi connectivity index (χ0n) is 12.7. The minimum atomic E-state index is -0.613. The third-order valence-corrected chi connectivity index (χ3v) is 3.59. The summed E-state index contributed by atoms with van der Waals surface area (Å²) in [5.41, 5.74) is 6.20. The Hall–Kier alpha value is -3.15. The number of hydrogen-bond donors (Lipinski definition) is 1. The Labute approximate surface area is 137 Å². The first-order valence-electron chi connectivity index (χ1n) is 7.33. The lowest BCUT2D eigenvalue weighted by Crippen LogP contribution is -2.27. The van der Waals surface area contributed by atoms with Crippen molar-refractivity contribution in [2.45, 2.75) is 13.2 Å². The van der Waals surface area contributed by atoms with E-state index in [0.29, 0.717) is 11.3 Å². The first kappa shape index (κ1) is 15.7. The van der Waals surface area contributed by atoms with Crippen LogP contribution in [0, 0.1) is 5.82 Å². The van der Waals surface area contributed by atoms with Gasteiger partial charge in [0.25, 0.3) is 5.56 Å². The summed E-state index contributed by atoms with van der Waals surface area (Å²) < 4.78 is 20.0. The van der Waals surface area contributed by atoms with Gasteiger partial charge in [-0.25, -0.2) is 4.39 Å². The summed E-state index contributed by atoms with van der Waals surface area (Å²) in [6.45, 7) is -0.0217. The molecule has 122 valence electrons. The number of fused-ring (bicyclic) bond motifs is 1. The Morgan fingerprint density at radius 2 is 1.83 bits per heavy atom. The molecule has 0 radical (unpaired) electrons. The minimum absolute atomic E-state index is 0.207. The Bertz CT molecular complexity index is 949. The van der Waals surface area contributed by atoms with Gasteiger partial charge in [0.2, 0.25) is 5.91 Å². The molecule has 3 aromatic rings. The van der Waals surface area contributed by atoms with E-state index in [0.717, 1.165) is 10.9 Å². The number of primary amides is 1. The van der Waals surface area contributed by atoms with Gasteiger partial charge in [-0.1, -0.05) is 24.3 Å². The number of pyridine rings is 1. The van der Waals surface area contributed by atoms with Crippen molar-refractivity contribution in [1.29, 1.82) is 0 Å². The van der Waals surface area contributed by atoms with Crippen molar-refractivity contribution in [3.8, 4) is 5.75 Å². The van der Waals surface area contributed by atoms with E-state index in [1.165, 1.54) is 22.8 Å². The molecule has 0 aliphatic rings. The number of benzene rings is 2. The Kier molecular flexibility index (Phi) is 4.29. The van der Waals surface area contributed by atoms with E-state index >= 15 is 0 Å². The van der Waals surface area contributed by atoms with Crippen molar-refractivity contribution in [3.05, 3.63) is 76.3 Å². The first-order valence-corrected chi connectivity index (χ1v) is 7.33. The van der Waals surface area contributed by atoms with Crippen LogP contribution in [0.15, 0.2) is 59.4 Å². The molecule has 1 aromatic heterocycles. The van der Waals surface area contributed by atoms with Gasteiger partial charge in [-0.15, -0.1) is 0 Å². The summed E-state index contributed by atoms with van der Waals surface area (Å²) >= 11 is 0. The third-order valence-electron chi connectivity index (χ3n) is 3.59. The van der Waals surface area contributed by atoms with Gasteiger partial charge < -0.3 is 10.5 Å². The van der Waals surface area contributed by atoms with Crippen LogP contribution < -0.4 is 16.0 Å². The van der Waals surface area contributed by atoms with Gasteiger partial charge in [0.05, 0.1) is 5.52 Å². The van der Waals surface area contributed by atoms with Crippen LogP contribution in [0.3, 0.4) is 0 Å². The highest BCUT2D eigenvalue weighted by atomic mass is 19.1. The van der Waals surface area contributed by atoms with Gasteiger partial charge in [-0.3, -0.25) is 14.2 Å². The number of carbonyl (C=O) groups excluding carboxylic acids is 1. The Morgan fingerprint density at radius 3 is 2.54 bits per heavy atom. The maximum Gasteiger partial charge on any atom is 0.251 e. The smallest absolute Gasteiger partial charge is 0.251 e. The highest BCUT2D eigenvalue weighted by molar-refractivity contribution is 5.86. The van der Waals surface area contributed by atoms with Crippen molar-refractivity contribution in [2.24, 2.45) is 5.73 Å². The minimum Gasteiger partial charge on any atom is -0.487 e. The molecule has 0 bridgehead atoms. The van der Waals surface area contributed by atoms with Gasteiger partial charge in [0.1, 0.15) is 24.7 Å². The van der Waals surface area contributed by atoms with E-state index in [4.69, 9.17) is 10.5 Å². The van der Waals surface area contributed by atoms with Gasteiger partial charge >= 0.3 is 0 Å². The van der Waals surface area contributed by atoms with Gasteiger partial charge in [-0.05, 0) is 29.8 Å². The molecule has 1 amide bonds. The van der Waals surface area contributed by atoms with Gasteiger partial charge in [0, 0.05) is 11.5 Å². The molecule has 0 spiro atoms. The number of aromatic nitrogens is 1. The van der Waals surface area contributed by atoms with E-state index in [1.807, 2.05) is 6.07 Å². The number of ether oxygens (including phenoxy) is 1. The van der Waals surface area contributed by atoms with Crippen molar-refractivity contribution in [2.75, 3.05) is 0 Å². The summed E-state index contributed by atoms with van der Waals surface area (Å²) in [5, 5.41) is 0.757. The van der Waals surface area contributed by atoms with Crippen molar-refractivity contribution < 1.29 is 13.9 Å². The van der Waals surface area contributed by atoms with Crippen LogP contribution in [0.2, 0.25) is 0 Å². The van der Waals surface area contributed by atoms with Crippen molar-refractivity contribution in [3.63, 3.8) is 0 Å². The highest BCUT2D eigenvalue weighted by Gasteiger charge is 2.11. The van der Waals surface area contributed by atoms with Crippen LogP contribution in [0.4, 0.5) is 4.39 Å². The second kappa shape index (κ2) is 6.54. The molecule has 24 heavy (non-hydrogen) atoms.